The summed E-state index contributed by atoms with van der Waals surface area (Å²) in [5, 5.41) is 0. The maximum atomic E-state index is 12.2. The third-order valence-electron chi connectivity index (χ3n) is 3.27. The van der Waals surface area contributed by atoms with E-state index in [9.17, 15) is 4.79 Å². The largest absolute Gasteiger partial charge is 0.462 e. The lowest BCUT2D eigenvalue weighted by molar-refractivity contribution is 0.0526. The Bertz CT molecular complexity index is 805. The van der Waals surface area contributed by atoms with Crippen LogP contribution >= 0.6 is 0 Å². The molecule has 114 valence electrons. The van der Waals surface area contributed by atoms with Crippen molar-refractivity contribution in [2.45, 2.75) is 6.92 Å². The molecule has 0 radical (unpaired) electrons. The average Bonchev–Trinajstić information content (AvgIpc) is 2.63. The van der Waals surface area contributed by atoms with Crippen molar-refractivity contribution in [3.05, 3.63) is 66.6 Å². The summed E-state index contributed by atoms with van der Waals surface area (Å²) in [7, 11) is 0. The Morgan fingerprint density at radius 2 is 1.78 bits per heavy atom. The van der Waals surface area contributed by atoms with Gasteiger partial charge in [0.05, 0.1) is 12.3 Å². The summed E-state index contributed by atoms with van der Waals surface area (Å²) in [6, 6.07) is 13.2. The van der Waals surface area contributed by atoms with Crippen molar-refractivity contribution in [3.8, 4) is 22.6 Å². The number of ether oxygens (including phenoxy) is 1. The van der Waals surface area contributed by atoms with Gasteiger partial charge in [-0.1, -0.05) is 30.3 Å². The van der Waals surface area contributed by atoms with Gasteiger partial charge in [0.25, 0.3) is 0 Å². The SMILES string of the molecule is CCOC(=O)c1cnc(-c2ccncc2)nc1-c1ccccc1. The lowest BCUT2D eigenvalue weighted by atomic mass is 10.1. The third-order valence-corrected chi connectivity index (χ3v) is 3.27. The van der Waals surface area contributed by atoms with Crippen molar-refractivity contribution >= 4 is 5.97 Å². The maximum absolute atomic E-state index is 12.2. The van der Waals surface area contributed by atoms with Crippen LogP contribution < -0.4 is 0 Å². The molecule has 0 fully saturated rings. The second-order valence-corrected chi connectivity index (χ2v) is 4.78. The standard InChI is InChI=1S/C18H15N3O2/c1-2-23-18(22)15-12-20-17(14-8-10-19-11-9-14)21-16(15)13-6-4-3-5-7-13/h3-12H,2H2,1H3. The van der Waals surface area contributed by atoms with E-state index < -0.39 is 5.97 Å². The molecule has 0 bridgehead atoms. The summed E-state index contributed by atoms with van der Waals surface area (Å²) in [5.74, 6) is 0.118. The second-order valence-electron chi connectivity index (χ2n) is 4.78. The van der Waals surface area contributed by atoms with Crippen molar-refractivity contribution in [1.29, 1.82) is 0 Å². The summed E-state index contributed by atoms with van der Waals surface area (Å²) in [6.07, 6.45) is 4.88. The van der Waals surface area contributed by atoms with E-state index >= 15 is 0 Å². The molecule has 0 atom stereocenters. The molecule has 5 heteroatoms. The first-order chi connectivity index (χ1) is 11.3. The van der Waals surface area contributed by atoms with Crippen LogP contribution in [0.1, 0.15) is 17.3 Å². The minimum Gasteiger partial charge on any atom is -0.462 e. The number of aromatic nitrogens is 3. The van der Waals surface area contributed by atoms with Gasteiger partial charge in [-0.2, -0.15) is 0 Å². The van der Waals surface area contributed by atoms with Gasteiger partial charge >= 0.3 is 5.97 Å². The highest BCUT2D eigenvalue weighted by molar-refractivity contribution is 5.96. The highest BCUT2D eigenvalue weighted by atomic mass is 16.5. The third kappa shape index (κ3) is 3.23. The summed E-state index contributed by atoms with van der Waals surface area (Å²) >= 11 is 0. The molecule has 0 saturated carbocycles. The van der Waals surface area contributed by atoms with Crippen LogP contribution in [0.2, 0.25) is 0 Å². The Hall–Kier alpha value is -3.08. The quantitative estimate of drug-likeness (QED) is 0.691. The number of pyridine rings is 1. The molecule has 0 saturated heterocycles. The molecule has 0 N–H and O–H groups in total. The number of esters is 1. The summed E-state index contributed by atoms with van der Waals surface area (Å²) in [4.78, 5) is 25.0. The molecule has 3 rings (SSSR count). The van der Waals surface area contributed by atoms with Crippen molar-refractivity contribution in [1.82, 2.24) is 15.0 Å². The van der Waals surface area contributed by atoms with E-state index in [1.165, 1.54) is 6.20 Å². The van der Waals surface area contributed by atoms with E-state index in [2.05, 4.69) is 15.0 Å². The molecule has 23 heavy (non-hydrogen) atoms. The van der Waals surface area contributed by atoms with E-state index in [1.807, 2.05) is 42.5 Å². The summed E-state index contributed by atoms with van der Waals surface area (Å²) < 4.78 is 5.11. The topological polar surface area (TPSA) is 65.0 Å². The van der Waals surface area contributed by atoms with Gasteiger partial charge in [-0.05, 0) is 19.1 Å². The number of hydrogen-bond acceptors (Lipinski definition) is 5. The fourth-order valence-corrected chi connectivity index (χ4v) is 2.20. The zero-order valence-electron chi connectivity index (χ0n) is 12.6. The van der Waals surface area contributed by atoms with Crippen molar-refractivity contribution in [3.63, 3.8) is 0 Å². The van der Waals surface area contributed by atoms with Crippen LogP contribution in [-0.2, 0) is 4.74 Å². The van der Waals surface area contributed by atoms with Crippen molar-refractivity contribution in [2.24, 2.45) is 0 Å². The van der Waals surface area contributed by atoms with Gasteiger partial charge in [0.15, 0.2) is 5.82 Å². The smallest absolute Gasteiger partial charge is 0.341 e. The molecule has 0 amide bonds. The van der Waals surface area contributed by atoms with Gasteiger partial charge in [-0.3, -0.25) is 4.98 Å². The van der Waals surface area contributed by atoms with Crippen LogP contribution in [0.3, 0.4) is 0 Å². The van der Waals surface area contributed by atoms with E-state index in [0.717, 1.165) is 11.1 Å². The number of carbonyl (C=O) groups is 1. The first-order valence-corrected chi connectivity index (χ1v) is 7.29. The normalized spacial score (nSPS) is 10.3. The molecule has 2 aromatic heterocycles. The van der Waals surface area contributed by atoms with E-state index in [-0.39, 0.29) is 0 Å². The summed E-state index contributed by atoms with van der Waals surface area (Å²) in [6.45, 7) is 2.07. The molecular formula is C18H15N3O2. The van der Waals surface area contributed by atoms with Gasteiger partial charge in [-0.25, -0.2) is 14.8 Å². The average molecular weight is 305 g/mol. The molecule has 0 unspecified atom stereocenters. The molecule has 0 spiro atoms. The minimum atomic E-state index is -0.423. The van der Waals surface area contributed by atoms with Gasteiger partial charge in [0.2, 0.25) is 0 Å². The lowest BCUT2D eigenvalue weighted by Crippen LogP contribution is -2.09. The number of carbonyl (C=O) groups excluding carboxylic acids is 1. The van der Waals surface area contributed by atoms with Crippen LogP contribution in [-0.4, -0.2) is 27.5 Å². The Labute approximate surface area is 134 Å². The molecular weight excluding hydrogens is 290 g/mol. The predicted molar refractivity (Wildman–Crippen MR) is 86.7 cm³/mol. The Kier molecular flexibility index (Phi) is 4.38. The van der Waals surface area contributed by atoms with Crippen LogP contribution in [0, 0.1) is 0 Å². The number of hydrogen-bond donors (Lipinski definition) is 0. The molecule has 1 aromatic carbocycles. The van der Waals surface area contributed by atoms with Crippen LogP contribution in [0.25, 0.3) is 22.6 Å². The highest BCUT2D eigenvalue weighted by Crippen LogP contribution is 2.24. The summed E-state index contributed by atoms with van der Waals surface area (Å²) in [5.41, 5.74) is 2.60. The first-order valence-electron chi connectivity index (χ1n) is 7.29. The fourth-order valence-electron chi connectivity index (χ4n) is 2.20. The Morgan fingerprint density at radius 1 is 1.04 bits per heavy atom. The Balaban J connectivity index is 2.13. The first kappa shape index (κ1) is 14.8. The molecule has 0 aliphatic rings. The van der Waals surface area contributed by atoms with Gasteiger partial charge in [0, 0.05) is 29.7 Å². The van der Waals surface area contributed by atoms with Crippen LogP contribution in [0.4, 0.5) is 0 Å². The maximum Gasteiger partial charge on any atom is 0.341 e. The predicted octanol–water partition coefficient (Wildman–Crippen LogP) is 3.38. The van der Waals surface area contributed by atoms with Gasteiger partial charge in [-0.15, -0.1) is 0 Å². The second kappa shape index (κ2) is 6.79. The van der Waals surface area contributed by atoms with Crippen molar-refractivity contribution in [2.75, 3.05) is 6.61 Å². The van der Waals surface area contributed by atoms with Crippen molar-refractivity contribution < 1.29 is 9.53 Å². The molecule has 0 aliphatic carbocycles. The lowest BCUT2D eigenvalue weighted by Gasteiger charge is -2.10. The highest BCUT2D eigenvalue weighted by Gasteiger charge is 2.17. The molecule has 2 heterocycles. The number of benzene rings is 1. The fraction of sp³-hybridized carbons (Fsp3) is 0.111. The number of nitrogens with zero attached hydrogens (tertiary/aromatic N) is 3. The van der Waals surface area contributed by atoms with E-state index in [4.69, 9.17) is 4.74 Å². The van der Waals surface area contributed by atoms with Crippen LogP contribution in [0.5, 0.6) is 0 Å². The minimum absolute atomic E-state index is 0.305. The number of rotatable bonds is 4. The molecule has 0 aliphatic heterocycles. The van der Waals surface area contributed by atoms with E-state index in [0.29, 0.717) is 23.7 Å². The monoisotopic (exact) mass is 305 g/mol. The zero-order valence-corrected chi connectivity index (χ0v) is 12.6. The van der Waals surface area contributed by atoms with E-state index in [1.54, 1.807) is 19.3 Å². The zero-order chi connectivity index (χ0) is 16.1. The van der Waals surface area contributed by atoms with Gasteiger partial charge < -0.3 is 4.74 Å². The molecule has 5 nitrogen and oxygen atoms in total. The molecule has 3 aromatic rings. The van der Waals surface area contributed by atoms with Gasteiger partial charge in [0.1, 0.15) is 5.56 Å². The van der Waals surface area contributed by atoms with Crippen LogP contribution in [0.15, 0.2) is 61.1 Å². The Morgan fingerprint density at radius 3 is 2.48 bits per heavy atom.